The molecule has 1 aliphatic heterocycles. The first-order chi connectivity index (χ1) is 14.7. The quantitative estimate of drug-likeness (QED) is 0.605. The molecule has 0 radical (unpaired) electrons. The first kappa shape index (κ1) is 20.1. The lowest BCUT2D eigenvalue weighted by Gasteiger charge is -2.35. The van der Waals surface area contributed by atoms with Crippen LogP contribution < -0.4 is 9.64 Å². The van der Waals surface area contributed by atoms with E-state index >= 15 is 0 Å². The number of halogens is 2. The molecule has 4 rings (SSSR count). The number of hydrogen-bond acceptors (Lipinski definition) is 6. The third kappa shape index (κ3) is 4.37. The maximum atomic E-state index is 14.6. The van der Waals surface area contributed by atoms with Crippen molar-refractivity contribution >= 4 is 5.95 Å². The van der Waals surface area contributed by atoms with E-state index in [1.807, 2.05) is 12.4 Å². The van der Waals surface area contributed by atoms with Gasteiger partial charge in [-0.25, -0.2) is 28.7 Å². The first-order valence-corrected chi connectivity index (χ1v) is 10.1. The van der Waals surface area contributed by atoms with E-state index in [4.69, 9.17) is 4.74 Å². The molecule has 3 heterocycles. The van der Waals surface area contributed by atoms with Crippen LogP contribution in [0.2, 0.25) is 0 Å². The van der Waals surface area contributed by atoms with Gasteiger partial charge in [0.05, 0.1) is 6.04 Å². The summed E-state index contributed by atoms with van der Waals surface area (Å²) in [7, 11) is 0. The number of ether oxygens (including phenoxy) is 1. The van der Waals surface area contributed by atoms with Gasteiger partial charge < -0.3 is 9.64 Å². The predicted octanol–water partition coefficient (Wildman–Crippen LogP) is 4.21. The van der Waals surface area contributed by atoms with Crippen molar-refractivity contribution in [2.75, 3.05) is 18.1 Å². The molecule has 0 spiro atoms. The van der Waals surface area contributed by atoms with Gasteiger partial charge in [-0.2, -0.15) is 0 Å². The summed E-state index contributed by atoms with van der Waals surface area (Å²) < 4.78 is 34.8. The topological polar surface area (TPSA) is 64.0 Å². The summed E-state index contributed by atoms with van der Waals surface area (Å²) in [5.41, 5.74) is 1.96. The summed E-state index contributed by atoms with van der Waals surface area (Å²) in [6.07, 6.45) is 11.8. The zero-order chi connectivity index (χ0) is 20.9. The fourth-order valence-electron chi connectivity index (χ4n) is 3.61. The summed E-state index contributed by atoms with van der Waals surface area (Å²) >= 11 is 0. The molecule has 0 aliphatic carbocycles. The van der Waals surface area contributed by atoms with E-state index in [-0.39, 0.29) is 18.4 Å². The van der Waals surface area contributed by atoms with Crippen molar-refractivity contribution in [1.82, 2.24) is 19.9 Å². The van der Waals surface area contributed by atoms with Crippen LogP contribution in [0.4, 0.5) is 14.7 Å². The fraction of sp³-hybridized carbons (Fsp3) is 0.364. The van der Waals surface area contributed by atoms with E-state index < -0.39 is 11.6 Å². The monoisotopic (exact) mass is 411 g/mol. The Morgan fingerprint density at radius 1 is 1.00 bits per heavy atom. The van der Waals surface area contributed by atoms with Crippen LogP contribution in [0, 0.1) is 11.6 Å². The van der Waals surface area contributed by atoms with Crippen molar-refractivity contribution in [2.24, 2.45) is 0 Å². The number of hydrogen-bond donors (Lipinski definition) is 0. The second-order valence-corrected chi connectivity index (χ2v) is 7.30. The molecule has 0 bridgehead atoms. The predicted molar refractivity (Wildman–Crippen MR) is 109 cm³/mol. The van der Waals surface area contributed by atoms with Gasteiger partial charge in [-0.05, 0) is 48.9 Å². The fourth-order valence-corrected chi connectivity index (χ4v) is 3.61. The molecule has 0 amide bonds. The molecule has 0 N–H and O–H groups in total. The number of nitrogens with zero attached hydrogens (tertiary/aromatic N) is 5. The van der Waals surface area contributed by atoms with Crippen molar-refractivity contribution in [3.8, 4) is 16.9 Å². The standard InChI is InChI=1S/C22H23F2N5O/c1-2-15-9-27-22(28-10-15)29-6-4-3-5-18(29)13-30-21-19(23)7-16(8-20(21)24)17-11-25-14-26-12-17/h7-12,14,18H,2-6,13H2,1H3. The van der Waals surface area contributed by atoms with Crippen molar-refractivity contribution in [3.05, 3.63) is 60.4 Å². The van der Waals surface area contributed by atoms with Crippen molar-refractivity contribution in [2.45, 2.75) is 38.6 Å². The van der Waals surface area contributed by atoms with Gasteiger partial charge >= 0.3 is 0 Å². The Labute approximate surface area is 174 Å². The normalized spacial score (nSPS) is 16.5. The van der Waals surface area contributed by atoms with E-state index in [1.165, 1.54) is 30.9 Å². The van der Waals surface area contributed by atoms with Crippen LogP contribution in [0.5, 0.6) is 5.75 Å². The average Bonchev–Trinajstić information content (AvgIpc) is 2.79. The lowest BCUT2D eigenvalue weighted by Crippen LogP contribution is -2.44. The van der Waals surface area contributed by atoms with Crippen molar-refractivity contribution < 1.29 is 13.5 Å². The van der Waals surface area contributed by atoms with Gasteiger partial charge in [0.15, 0.2) is 17.4 Å². The van der Waals surface area contributed by atoms with Gasteiger partial charge in [-0.1, -0.05) is 6.92 Å². The summed E-state index contributed by atoms with van der Waals surface area (Å²) in [6.45, 7) is 2.99. The van der Waals surface area contributed by atoms with Crippen LogP contribution in [0.25, 0.3) is 11.1 Å². The molecule has 2 aromatic heterocycles. The Bertz CT molecular complexity index is 962. The Hall–Kier alpha value is -3.16. The second-order valence-electron chi connectivity index (χ2n) is 7.30. The highest BCUT2D eigenvalue weighted by molar-refractivity contribution is 5.62. The highest BCUT2D eigenvalue weighted by Gasteiger charge is 2.26. The molecule has 6 nitrogen and oxygen atoms in total. The minimum absolute atomic E-state index is 0.0489. The molecule has 1 aromatic carbocycles. The van der Waals surface area contributed by atoms with Crippen LogP contribution in [-0.4, -0.2) is 39.1 Å². The van der Waals surface area contributed by atoms with Gasteiger partial charge in [-0.15, -0.1) is 0 Å². The molecule has 3 aromatic rings. The second kappa shape index (κ2) is 9.11. The van der Waals surface area contributed by atoms with Crippen LogP contribution in [0.15, 0.2) is 43.2 Å². The van der Waals surface area contributed by atoms with Gasteiger partial charge in [-0.3, -0.25) is 0 Å². The van der Waals surface area contributed by atoms with E-state index in [2.05, 4.69) is 31.8 Å². The zero-order valence-electron chi connectivity index (χ0n) is 16.8. The SMILES string of the molecule is CCc1cnc(N2CCCCC2COc2c(F)cc(-c3cncnc3)cc2F)nc1. The van der Waals surface area contributed by atoms with Gasteiger partial charge in [0.25, 0.3) is 0 Å². The largest absolute Gasteiger partial charge is 0.485 e. The highest BCUT2D eigenvalue weighted by Crippen LogP contribution is 2.30. The lowest BCUT2D eigenvalue weighted by molar-refractivity contribution is 0.239. The number of aromatic nitrogens is 4. The molecule has 0 saturated carbocycles. The zero-order valence-corrected chi connectivity index (χ0v) is 16.8. The molecule has 1 fully saturated rings. The van der Waals surface area contributed by atoms with Gasteiger partial charge in [0.2, 0.25) is 5.95 Å². The van der Waals surface area contributed by atoms with E-state index in [0.29, 0.717) is 17.1 Å². The van der Waals surface area contributed by atoms with Crippen molar-refractivity contribution in [1.29, 1.82) is 0 Å². The maximum Gasteiger partial charge on any atom is 0.225 e. The van der Waals surface area contributed by atoms with Gasteiger partial charge in [0, 0.05) is 36.9 Å². The molecule has 1 atom stereocenters. The summed E-state index contributed by atoms with van der Waals surface area (Å²) in [4.78, 5) is 18.7. The number of piperidine rings is 1. The van der Waals surface area contributed by atoms with E-state index in [1.54, 1.807) is 0 Å². The molecule has 1 aliphatic rings. The Morgan fingerprint density at radius 2 is 1.70 bits per heavy atom. The summed E-state index contributed by atoms with van der Waals surface area (Å²) in [5.74, 6) is -1.25. The smallest absolute Gasteiger partial charge is 0.225 e. The van der Waals surface area contributed by atoms with Gasteiger partial charge in [0.1, 0.15) is 12.9 Å². The molecule has 1 unspecified atom stereocenters. The highest BCUT2D eigenvalue weighted by atomic mass is 19.1. The van der Waals surface area contributed by atoms with E-state index in [0.717, 1.165) is 37.8 Å². The number of benzene rings is 1. The number of rotatable bonds is 6. The molecular weight excluding hydrogens is 388 g/mol. The summed E-state index contributed by atoms with van der Waals surface area (Å²) in [6, 6.07) is 2.43. The van der Waals surface area contributed by atoms with Crippen molar-refractivity contribution in [3.63, 3.8) is 0 Å². The van der Waals surface area contributed by atoms with Crippen LogP contribution >= 0.6 is 0 Å². The summed E-state index contributed by atoms with van der Waals surface area (Å²) in [5, 5.41) is 0. The Morgan fingerprint density at radius 3 is 2.37 bits per heavy atom. The average molecular weight is 411 g/mol. The third-order valence-corrected chi connectivity index (χ3v) is 5.30. The Kier molecular flexibility index (Phi) is 6.11. The number of aryl methyl sites for hydroxylation is 1. The molecular formula is C22H23F2N5O. The van der Waals surface area contributed by atoms with Crippen LogP contribution in [0.1, 0.15) is 31.7 Å². The minimum atomic E-state index is -0.750. The first-order valence-electron chi connectivity index (χ1n) is 10.1. The maximum absolute atomic E-state index is 14.6. The number of anilines is 1. The molecule has 8 heteroatoms. The Balaban J connectivity index is 1.49. The minimum Gasteiger partial charge on any atom is -0.485 e. The molecule has 1 saturated heterocycles. The third-order valence-electron chi connectivity index (χ3n) is 5.30. The van der Waals surface area contributed by atoms with E-state index in [9.17, 15) is 8.78 Å². The van der Waals surface area contributed by atoms with Crippen LogP contribution in [-0.2, 0) is 6.42 Å². The molecule has 30 heavy (non-hydrogen) atoms. The van der Waals surface area contributed by atoms with Crippen LogP contribution in [0.3, 0.4) is 0 Å². The molecule has 156 valence electrons. The lowest BCUT2D eigenvalue weighted by atomic mass is 10.0.